The highest BCUT2D eigenvalue weighted by molar-refractivity contribution is 5.88. The molecule has 0 aromatic heterocycles. The van der Waals surface area contributed by atoms with E-state index in [2.05, 4.69) is 121 Å². The summed E-state index contributed by atoms with van der Waals surface area (Å²) in [6, 6.07) is 38.1. The van der Waals surface area contributed by atoms with E-state index in [9.17, 15) is 0 Å². The topological polar surface area (TPSA) is 0 Å². The van der Waals surface area contributed by atoms with Crippen LogP contribution in [0.5, 0.6) is 0 Å². The van der Waals surface area contributed by atoms with Gasteiger partial charge in [0.25, 0.3) is 0 Å². The number of fused-ring (bicyclic) bond motifs is 3. The second-order valence-electron chi connectivity index (χ2n) is 8.45. The minimum absolute atomic E-state index is 0.310. The average Bonchev–Trinajstić information content (AvgIpc) is 3.16. The fourth-order valence-corrected chi connectivity index (χ4v) is 5.49. The molecule has 0 fully saturated rings. The van der Waals surface area contributed by atoms with Crippen LogP contribution in [0.3, 0.4) is 0 Å². The molecule has 31 heavy (non-hydrogen) atoms. The number of benzene rings is 4. The lowest BCUT2D eigenvalue weighted by Gasteiger charge is -2.34. The summed E-state index contributed by atoms with van der Waals surface area (Å²) < 4.78 is 0. The third kappa shape index (κ3) is 2.68. The molecule has 0 unspecified atom stereocenters. The quantitative estimate of drug-likeness (QED) is 0.292. The monoisotopic (exact) mass is 396 g/mol. The molecule has 0 radical (unpaired) electrons. The van der Waals surface area contributed by atoms with Crippen molar-refractivity contribution >= 4 is 5.57 Å². The van der Waals surface area contributed by atoms with Crippen molar-refractivity contribution in [3.63, 3.8) is 0 Å². The van der Waals surface area contributed by atoms with Crippen LogP contribution in [-0.2, 0) is 5.41 Å². The van der Waals surface area contributed by atoms with Crippen molar-refractivity contribution in [1.82, 2.24) is 0 Å². The maximum atomic E-state index is 2.46. The van der Waals surface area contributed by atoms with Gasteiger partial charge in [0.05, 0.1) is 5.41 Å². The lowest BCUT2D eigenvalue weighted by molar-refractivity contribution is 0.768. The van der Waals surface area contributed by atoms with Gasteiger partial charge in [-0.15, -0.1) is 0 Å². The summed E-state index contributed by atoms with van der Waals surface area (Å²) in [7, 11) is 0. The van der Waals surface area contributed by atoms with E-state index in [1.54, 1.807) is 0 Å². The van der Waals surface area contributed by atoms with Crippen LogP contribution in [0.4, 0.5) is 0 Å². The second-order valence-corrected chi connectivity index (χ2v) is 8.45. The fraction of sp³-hybridized carbons (Fsp3) is 0.0968. The standard InChI is InChI=1S/C31H24/c1-4-12-23(13-5-1)24-20-21-28-27-18-10-11-19-29(27)31(30(28)22-24,25-14-6-2-7-15-25)26-16-8-3-9-17-26/h1-4,6-12,14-22H,5,13H2. The van der Waals surface area contributed by atoms with Crippen LogP contribution in [0.25, 0.3) is 16.7 Å². The van der Waals surface area contributed by atoms with Crippen molar-refractivity contribution < 1.29 is 0 Å². The average molecular weight is 397 g/mol. The van der Waals surface area contributed by atoms with Crippen LogP contribution < -0.4 is 0 Å². The molecule has 2 aliphatic carbocycles. The molecular formula is C31H24. The molecule has 0 aliphatic heterocycles. The van der Waals surface area contributed by atoms with Crippen molar-refractivity contribution in [1.29, 1.82) is 0 Å². The van der Waals surface area contributed by atoms with Crippen molar-refractivity contribution in [2.24, 2.45) is 0 Å². The molecule has 0 saturated carbocycles. The molecule has 0 atom stereocenters. The summed E-state index contributed by atoms with van der Waals surface area (Å²) in [5.41, 5.74) is 10.5. The van der Waals surface area contributed by atoms with E-state index in [0.717, 1.165) is 12.8 Å². The van der Waals surface area contributed by atoms with Gasteiger partial charge >= 0.3 is 0 Å². The maximum Gasteiger partial charge on any atom is 0.0713 e. The first-order valence-corrected chi connectivity index (χ1v) is 11.1. The SMILES string of the molecule is C1=CCCC(c2ccc3c(c2)C(c2ccccc2)(c2ccccc2)c2ccccc2-3)=C1. The van der Waals surface area contributed by atoms with Gasteiger partial charge in [-0.1, -0.05) is 115 Å². The van der Waals surface area contributed by atoms with Crippen molar-refractivity contribution in [2.75, 3.05) is 0 Å². The van der Waals surface area contributed by atoms with Crippen LogP contribution >= 0.6 is 0 Å². The van der Waals surface area contributed by atoms with Gasteiger partial charge in [-0.05, 0) is 63.4 Å². The Labute approximate surface area is 184 Å². The Morgan fingerprint density at radius 2 is 1.23 bits per heavy atom. The third-order valence-electron chi connectivity index (χ3n) is 6.84. The summed E-state index contributed by atoms with van der Waals surface area (Å²) in [6.45, 7) is 0. The smallest absolute Gasteiger partial charge is 0.0713 e. The molecule has 0 nitrogen and oxygen atoms in total. The first kappa shape index (κ1) is 18.2. The largest absolute Gasteiger partial charge is 0.0842 e. The Bertz CT molecular complexity index is 1270. The van der Waals surface area contributed by atoms with E-state index in [1.165, 1.54) is 44.5 Å². The molecule has 0 heteroatoms. The number of hydrogen-bond donors (Lipinski definition) is 0. The molecule has 4 aromatic carbocycles. The van der Waals surface area contributed by atoms with Crippen LogP contribution in [0.1, 0.15) is 40.7 Å². The van der Waals surface area contributed by atoms with Gasteiger partial charge in [0.1, 0.15) is 0 Å². The molecule has 0 N–H and O–H groups in total. The normalized spacial score (nSPS) is 15.8. The highest BCUT2D eigenvalue weighted by atomic mass is 14.5. The lowest BCUT2D eigenvalue weighted by atomic mass is 9.67. The predicted molar refractivity (Wildman–Crippen MR) is 130 cm³/mol. The number of rotatable bonds is 3. The zero-order chi connectivity index (χ0) is 20.7. The van der Waals surface area contributed by atoms with Crippen LogP contribution in [0.2, 0.25) is 0 Å². The summed E-state index contributed by atoms with van der Waals surface area (Å²) in [5, 5.41) is 0. The third-order valence-corrected chi connectivity index (χ3v) is 6.84. The molecule has 4 aromatic rings. The first-order valence-electron chi connectivity index (χ1n) is 11.1. The van der Waals surface area contributed by atoms with Gasteiger partial charge in [-0.3, -0.25) is 0 Å². The molecule has 6 rings (SSSR count). The van der Waals surface area contributed by atoms with Gasteiger partial charge in [-0.25, -0.2) is 0 Å². The summed E-state index contributed by atoms with van der Waals surface area (Å²) in [6.07, 6.45) is 8.95. The highest BCUT2D eigenvalue weighted by Crippen LogP contribution is 2.56. The van der Waals surface area contributed by atoms with Gasteiger partial charge in [-0.2, -0.15) is 0 Å². The molecular weight excluding hydrogens is 372 g/mol. The minimum atomic E-state index is -0.310. The van der Waals surface area contributed by atoms with Crippen molar-refractivity contribution in [3.8, 4) is 11.1 Å². The molecule has 0 amide bonds. The summed E-state index contributed by atoms with van der Waals surface area (Å²) in [4.78, 5) is 0. The number of allylic oxidation sites excluding steroid dienone is 4. The van der Waals surface area contributed by atoms with E-state index >= 15 is 0 Å². The predicted octanol–water partition coefficient (Wildman–Crippen LogP) is 7.78. The van der Waals surface area contributed by atoms with E-state index in [1.807, 2.05) is 0 Å². The Kier molecular flexibility index (Phi) is 4.25. The van der Waals surface area contributed by atoms with Gasteiger partial charge in [0.15, 0.2) is 0 Å². The Balaban J connectivity index is 1.72. The minimum Gasteiger partial charge on any atom is -0.0842 e. The lowest BCUT2D eigenvalue weighted by Crippen LogP contribution is -2.28. The zero-order valence-corrected chi connectivity index (χ0v) is 17.5. The van der Waals surface area contributed by atoms with E-state index in [0.29, 0.717) is 0 Å². The highest BCUT2D eigenvalue weighted by Gasteiger charge is 2.45. The van der Waals surface area contributed by atoms with Gasteiger partial charge in [0, 0.05) is 0 Å². The summed E-state index contributed by atoms with van der Waals surface area (Å²) in [5.74, 6) is 0. The van der Waals surface area contributed by atoms with Crippen molar-refractivity contribution in [3.05, 3.63) is 149 Å². The molecule has 148 valence electrons. The summed E-state index contributed by atoms with van der Waals surface area (Å²) >= 11 is 0. The van der Waals surface area contributed by atoms with Crippen LogP contribution in [-0.4, -0.2) is 0 Å². The molecule has 0 heterocycles. The second kappa shape index (κ2) is 7.25. The fourth-order valence-electron chi connectivity index (χ4n) is 5.49. The van der Waals surface area contributed by atoms with E-state index in [-0.39, 0.29) is 5.41 Å². The first-order chi connectivity index (χ1) is 15.4. The zero-order valence-electron chi connectivity index (χ0n) is 17.5. The Hall–Kier alpha value is -3.64. The van der Waals surface area contributed by atoms with Crippen molar-refractivity contribution in [2.45, 2.75) is 18.3 Å². The number of hydrogen-bond acceptors (Lipinski definition) is 0. The molecule has 0 saturated heterocycles. The van der Waals surface area contributed by atoms with Gasteiger partial charge < -0.3 is 0 Å². The Morgan fingerprint density at radius 1 is 0.581 bits per heavy atom. The molecule has 2 aliphatic rings. The van der Waals surface area contributed by atoms with E-state index < -0.39 is 0 Å². The van der Waals surface area contributed by atoms with Crippen LogP contribution in [0, 0.1) is 0 Å². The van der Waals surface area contributed by atoms with Crippen LogP contribution in [0.15, 0.2) is 121 Å². The Morgan fingerprint density at radius 3 is 1.90 bits per heavy atom. The van der Waals surface area contributed by atoms with E-state index in [4.69, 9.17) is 0 Å². The van der Waals surface area contributed by atoms with Gasteiger partial charge in [0.2, 0.25) is 0 Å². The maximum absolute atomic E-state index is 2.46. The molecule has 0 bridgehead atoms. The molecule has 0 spiro atoms.